The molecule has 25 heavy (non-hydrogen) atoms. The zero-order valence-electron chi connectivity index (χ0n) is 14.1. The largest absolute Gasteiger partial charge is 0.497 e. The van der Waals surface area contributed by atoms with Crippen LogP contribution in [0.15, 0.2) is 41.1 Å². The van der Waals surface area contributed by atoms with Crippen LogP contribution in [0.1, 0.15) is 30.0 Å². The molecule has 1 aromatic carbocycles. The molecule has 1 aliphatic heterocycles. The molecule has 0 bridgehead atoms. The Labute approximate surface area is 145 Å². The molecular formula is C17H20N6O2. The Bertz CT molecular complexity index is 808. The molecule has 1 fully saturated rings. The molecule has 0 amide bonds. The molecule has 8 heteroatoms. The van der Waals surface area contributed by atoms with Gasteiger partial charge in [-0.25, -0.2) is 4.68 Å². The number of rotatable bonds is 5. The van der Waals surface area contributed by atoms with Crippen LogP contribution in [0, 0.1) is 0 Å². The van der Waals surface area contributed by atoms with Gasteiger partial charge >= 0.3 is 0 Å². The highest BCUT2D eigenvalue weighted by molar-refractivity contribution is 5.34. The van der Waals surface area contributed by atoms with Gasteiger partial charge in [-0.3, -0.25) is 0 Å². The molecule has 1 aliphatic rings. The van der Waals surface area contributed by atoms with Gasteiger partial charge in [-0.2, -0.15) is 0 Å². The predicted octanol–water partition coefficient (Wildman–Crippen LogP) is 2.10. The van der Waals surface area contributed by atoms with Crippen molar-refractivity contribution in [2.24, 2.45) is 0 Å². The van der Waals surface area contributed by atoms with Gasteiger partial charge in [-0.05, 0) is 46.9 Å². The molecule has 4 rings (SSSR count). The Hall–Kier alpha value is -2.90. The maximum atomic E-state index is 5.34. The van der Waals surface area contributed by atoms with E-state index in [1.807, 2.05) is 12.1 Å². The van der Waals surface area contributed by atoms with E-state index in [9.17, 15) is 0 Å². The summed E-state index contributed by atoms with van der Waals surface area (Å²) in [6, 6.07) is 10.2. The third-order valence-electron chi connectivity index (χ3n) is 4.66. The number of nitrogens with zero attached hydrogens (tertiary/aromatic N) is 6. The number of hydrogen-bond acceptors (Lipinski definition) is 7. The lowest BCUT2D eigenvalue weighted by molar-refractivity contribution is 0.407. The molecule has 3 aromatic rings. The lowest BCUT2D eigenvalue weighted by atomic mass is 9.89. The van der Waals surface area contributed by atoms with Crippen LogP contribution in [0.4, 0.5) is 5.95 Å². The maximum Gasteiger partial charge on any atom is 0.245 e. The number of benzene rings is 1. The first-order valence-electron chi connectivity index (χ1n) is 8.38. The van der Waals surface area contributed by atoms with Crippen molar-refractivity contribution in [3.8, 4) is 5.75 Å². The Morgan fingerprint density at radius 2 is 2.12 bits per heavy atom. The van der Waals surface area contributed by atoms with Gasteiger partial charge in [0.2, 0.25) is 5.95 Å². The fourth-order valence-electron chi connectivity index (χ4n) is 3.31. The second-order valence-electron chi connectivity index (χ2n) is 6.17. The number of methoxy groups -OCH3 is 1. The minimum atomic E-state index is 0.509. The second-order valence-corrected chi connectivity index (χ2v) is 6.17. The molecule has 0 aliphatic carbocycles. The molecule has 0 atom stereocenters. The highest BCUT2D eigenvalue weighted by Crippen LogP contribution is 2.31. The van der Waals surface area contributed by atoms with E-state index in [1.165, 1.54) is 5.56 Å². The van der Waals surface area contributed by atoms with Crippen molar-refractivity contribution in [3.05, 3.63) is 47.9 Å². The van der Waals surface area contributed by atoms with Crippen molar-refractivity contribution in [1.82, 2.24) is 25.4 Å². The number of ether oxygens (including phenoxy) is 1. The monoisotopic (exact) mass is 340 g/mol. The zero-order chi connectivity index (χ0) is 17.1. The van der Waals surface area contributed by atoms with Crippen LogP contribution in [-0.2, 0) is 6.54 Å². The van der Waals surface area contributed by atoms with Crippen molar-refractivity contribution in [2.75, 3.05) is 25.1 Å². The Morgan fingerprint density at radius 1 is 1.24 bits per heavy atom. The van der Waals surface area contributed by atoms with E-state index in [0.717, 1.165) is 43.3 Å². The van der Waals surface area contributed by atoms with Crippen LogP contribution in [0.5, 0.6) is 5.75 Å². The van der Waals surface area contributed by atoms with Crippen molar-refractivity contribution >= 4 is 5.95 Å². The average molecular weight is 340 g/mol. The number of anilines is 1. The van der Waals surface area contributed by atoms with Gasteiger partial charge in [0.1, 0.15) is 17.7 Å². The summed E-state index contributed by atoms with van der Waals surface area (Å²) in [5.41, 5.74) is 2.14. The minimum absolute atomic E-state index is 0.509. The predicted molar refractivity (Wildman–Crippen MR) is 90.6 cm³/mol. The molecule has 8 nitrogen and oxygen atoms in total. The molecule has 0 unspecified atom stereocenters. The first-order chi connectivity index (χ1) is 12.3. The van der Waals surface area contributed by atoms with E-state index < -0.39 is 0 Å². The third-order valence-corrected chi connectivity index (χ3v) is 4.66. The standard InChI is InChI=1S/C17H20N6O2/c1-24-16-4-2-3-14(11-16)13-5-8-22(9-6-13)17-18-20-21-23(17)12-15-7-10-25-19-15/h2-4,7,10-11,13H,5-6,8-9,12H2,1H3. The quantitative estimate of drug-likeness (QED) is 0.703. The lowest BCUT2D eigenvalue weighted by Crippen LogP contribution is -2.35. The number of aromatic nitrogens is 5. The van der Waals surface area contributed by atoms with E-state index in [-0.39, 0.29) is 0 Å². The van der Waals surface area contributed by atoms with Gasteiger partial charge in [-0.15, -0.1) is 0 Å². The van der Waals surface area contributed by atoms with Gasteiger partial charge < -0.3 is 14.2 Å². The number of tetrazole rings is 1. The molecule has 0 saturated carbocycles. The third kappa shape index (κ3) is 3.33. The van der Waals surface area contributed by atoms with E-state index in [1.54, 1.807) is 18.1 Å². The van der Waals surface area contributed by atoms with Crippen LogP contribution in [0.2, 0.25) is 0 Å². The van der Waals surface area contributed by atoms with Crippen molar-refractivity contribution in [1.29, 1.82) is 0 Å². The number of hydrogen-bond donors (Lipinski definition) is 0. The fraction of sp³-hybridized carbons (Fsp3) is 0.412. The highest BCUT2D eigenvalue weighted by atomic mass is 16.5. The van der Waals surface area contributed by atoms with Gasteiger partial charge in [0, 0.05) is 19.2 Å². The summed E-state index contributed by atoms with van der Waals surface area (Å²) >= 11 is 0. The van der Waals surface area contributed by atoms with Crippen LogP contribution in [0.25, 0.3) is 0 Å². The molecule has 1 saturated heterocycles. The maximum absolute atomic E-state index is 5.34. The molecular weight excluding hydrogens is 320 g/mol. The van der Waals surface area contributed by atoms with Gasteiger partial charge in [0.05, 0.1) is 13.7 Å². The molecule has 0 N–H and O–H groups in total. The van der Waals surface area contributed by atoms with Gasteiger partial charge in [0.15, 0.2) is 0 Å². The lowest BCUT2D eigenvalue weighted by Gasteiger charge is -2.32. The molecule has 2 aromatic heterocycles. The van der Waals surface area contributed by atoms with Crippen LogP contribution in [-0.4, -0.2) is 45.6 Å². The molecule has 3 heterocycles. The SMILES string of the molecule is COc1cccc(C2CCN(c3nnnn3Cc3ccon3)CC2)c1. The van der Waals surface area contributed by atoms with E-state index >= 15 is 0 Å². The van der Waals surface area contributed by atoms with Crippen molar-refractivity contribution < 1.29 is 9.26 Å². The zero-order valence-corrected chi connectivity index (χ0v) is 14.1. The summed E-state index contributed by atoms with van der Waals surface area (Å²) in [5, 5.41) is 16.0. The highest BCUT2D eigenvalue weighted by Gasteiger charge is 2.24. The summed E-state index contributed by atoms with van der Waals surface area (Å²) in [4.78, 5) is 2.23. The summed E-state index contributed by atoms with van der Waals surface area (Å²) in [5.74, 6) is 2.23. The van der Waals surface area contributed by atoms with Gasteiger partial charge in [-0.1, -0.05) is 22.4 Å². The normalized spacial score (nSPS) is 15.5. The summed E-state index contributed by atoms with van der Waals surface area (Å²) < 4.78 is 12.0. The second kappa shape index (κ2) is 6.92. The van der Waals surface area contributed by atoms with E-state index in [0.29, 0.717) is 12.5 Å². The number of piperidine rings is 1. The van der Waals surface area contributed by atoms with Crippen molar-refractivity contribution in [3.63, 3.8) is 0 Å². The van der Waals surface area contributed by atoms with Crippen LogP contribution >= 0.6 is 0 Å². The Morgan fingerprint density at radius 3 is 2.88 bits per heavy atom. The first kappa shape index (κ1) is 15.6. The van der Waals surface area contributed by atoms with E-state index in [4.69, 9.17) is 9.26 Å². The van der Waals surface area contributed by atoms with Crippen LogP contribution < -0.4 is 9.64 Å². The smallest absolute Gasteiger partial charge is 0.245 e. The Kier molecular flexibility index (Phi) is 4.32. The summed E-state index contributed by atoms with van der Waals surface area (Å²) in [7, 11) is 1.70. The fourth-order valence-corrected chi connectivity index (χ4v) is 3.31. The molecule has 130 valence electrons. The molecule has 0 spiro atoms. The van der Waals surface area contributed by atoms with E-state index in [2.05, 4.69) is 43.8 Å². The first-order valence-corrected chi connectivity index (χ1v) is 8.38. The minimum Gasteiger partial charge on any atom is -0.497 e. The van der Waals surface area contributed by atoms with Crippen molar-refractivity contribution in [2.45, 2.75) is 25.3 Å². The van der Waals surface area contributed by atoms with Crippen LogP contribution in [0.3, 0.4) is 0 Å². The average Bonchev–Trinajstić information content (AvgIpc) is 3.34. The summed E-state index contributed by atoms with van der Waals surface area (Å²) in [6.07, 6.45) is 3.67. The van der Waals surface area contributed by atoms with Gasteiger partial charge in [0.25, 0.3) is 0 Å². The summed E-state index contributed by atoms with van der Waals surface area (Å²) in [6.45, 7) is 2.34. The Balaban J connectivity index is 1.43. The molecule has 0 radical (unpaired) electrons. The topological polar surface area (TPSA) is 82.1 Å².